The lowest BCUT2D eigenvalue weighted by Crippen LogP contribution is -2.35. The molecule has 0 spiro atoms. The Morgan fingerprint density at radius 1 is 1.44 bits per heavy atom. The second-order valence-electron chi connectivity index (χ2n) is 4.64. The lowest BCUT2D eigenvalue weighted by molar-refractivity contribution is -0.385. The zero-order valence-corrected chi connectivity index (χ0v) is 13.1. The Hall–Kier alpha value is -0.690. The van der Waals surface area contributed by atoms with Crippen LogP contribution in [0.1, 0.15) is 26.3 Å². The van der Waals surface area contributed by atoms with Crippen LogP contribution in [0.3, 0.4) is 0 Å². The molecule has 0 bridgehead atoms. The minimum atomic E-state index is -0.291. The molecule has 0 aliphatic rings. The van der Waals surface area contributed by atoms with Gasteiger partial charge in [-0.25, -0.2) is 0 Å². The van der Waals surface area contributed by atoms with E-state index >= 15 is 0 Å². The summed E-state index contributed by atoms with van der Waals surface area (Å²) in [7, 11) is 0. The second-order valence-corrected chi connectivity index (χ2v) is 5.89. The molecule has 18 heavy (non-hydrogen) atoms. The van der Waals surface area contributed by atoms with Gasteiger partial charge in [0.2, 0.25) is 0 Å². The normalized spacial score (nSPS) is 12.7. The molecule has 0 aliphatic heterocycles. The lowest BCUT2D eigenvalue weighted by Gasteiger charge is -2.21. The number of nitro groups is 1. The van der Waals surface area contributed by atoms with Gasteiger partial charge in [0.05, 0.1) is 4.92 Å². The van der Waals surface area contributed by atoms with Crippen LogP contribution in [0, 0.1) is 19.6 Å². The molecule has 1 aromatic carbocycles. The average Bonchev–Trinajstić information content (AvgIpc) is 2.30. The maximum absolute atomic E-state index is 11.1. The smallest absolute Gasteiger partial charge is 0.273 e. The summed E-state index contributed by atoms with van der Waals surface area (Å²) in [5.74, 6) is 0.448. The van der Waals surface area contributed by atoms with Gasteiger partial charge >= 0.3 is 0 Å². The van der Waals surface area contributed by atoms with Crippen LogP contribution in [0.5, 0.6) is 0 Å². The van der Waals surface area contributed by atoms with Gasteiger partial charge in [-0.1, -0.05) is 26.8 Å². The van der Waals surface area contributed by atoms with E-state index in [-0.39, 0.29) is 16.7 Å². The summed E-state index contributed by atoms with van der Waals surface area (Å²) in [6.07, 6.45) is 0.693. The van der Waals surface area contributed by atoms with Crippen LogP contribution in [0.4, 0.5) is 5.69 Å². The number of halogens is 1. The SMILES string of the molecule is CCNC(Cc1ccc(I)cc1[N+](=O)[O-])C(C)C. The van der Waals surface area contributed by atoms with Crippen molar-refractivity contribution in [2.75, 3.05) is 6.54 Å². The molecular formula is C13H19IN2O2. The first-order chi connectivity index (χ1) is 8.45. The van der Waals surface area contributed by atoms with Crippen LogP contribution in [-0.2, 0) is 6.42 Å². The number of likely N-dealkylation sites (N-methyl/N-ethyl adjacent to an activating group) is 1. The van der Waals surface area contributed by atoms with Crippen molar-refractivity contribution in [3.05, 3.63) is 37.4 Å². The molecule has 1 N–H and O–H groups in total. The van der Waals surface area contributed by atoms with Crippen molar-refractivity contribution in [2.24, 2.45) is 5.92 Å². The molecule has 5 heteroatoms. The van der Waals surface area contributed by atoms with Gasteiger partial charge < -0.3 is 5.32 Å². The van der Waals surface area contributed by atoms with Crippen molar-refractivity contribution in [3.63, 3.8) is 0 Å². The van der Waals surface area contributed by atoms with E-state index in [2.05, 4.69) is 48.7 Å². The molecule has 1 unspecified atom stereocenters. The first-order valence-electron chi connectivity index (χ1n) is 6.11. The number of rotatable bonds is 6. The third kappa shape index (κ3) is 4.20. The fraction of sp³-hybridized carbons (Fsp3) is 0.538. The fourth-order valence-electron chi connectivity index (χ4n) is 1.92. The summed E-state index contributed by atoms with van der Waals surface area (Å²) in [6.45, 7) is 7.19. The zero-order valence-electron chi connectivity index (χ0n) is 10.9. The van der Waals surface area contributed by atoms with Crippen molar-refractivity contribution in [3.8, 4) is 0 Å². The molecule has 100 valence electrons. The van der Waals surface area contributed by atoms with Crippen molar-refractivity contribution in [1.82, 2.24) is 5.32 Å². The monoisotopic (exact) mass is 362 g/mol. The third-order valence-electron chi connectivity index (χ3n) is 2.95. The van der Waals surface area contributed by atoms with Gasteiger partial charge in [0.1, 0.15) is 0 Å². The average molecular weight is 362 g/mol. The van der Waals surface area contributed by atoms with Gasteiger partial charge in [0.25, 0.3) is 5.69 Å². The Morgan fingerprint density at radius 2 is 2.11 bits per heavy atom. The highest BCUT2D eigenvalue weighted by atomic mass is 127. The van der Waals surface area contributed by atoms with Gasteiger partial charge in [-0.05, 0) is 47.5 Å². The largest absolute Gasteiger partial charge is 0.314 e. The predicted octanol–water partition coefficient (Wildman–Crippen LogP) is 3.38. The Morgan fingerprint density at radius 3 is 2.61 bits per heavy atom. The van der Waals surface area contributed by atoms with Gasteiger partial charge in [-0.2, -0.15) is 0 Å². The van der Waals surface area contributed by atoms with Crippen LogP contribution in [0.25, 0.3) is 0 Å². The summed E-state index contributed by atoms with van der Waals surface area (Å²) in [4.78, 5) is 10.8. The van der Waals surface area contributed by atoms with Crippen LogP contribution in [0.2, 0.25) is 0 Å². The number of nitrogens with zero attached hydrogens (tertiary/aromatic N) is 1. The molecule has 0 amide bonds. The van der Waals surface area contributed by atoms with Crippen molar-refractivity contribution >= 4 is 28.3 Å². The summed E-state index contributed by atoms with van der Waals surface area (Å²) in [5.41, 5.74) is 1.03. The van der Waals surface area contributed by atoms with Crippen molar-refractivity contribution in [2.45, 2.75) is 33.2 Å². The summed E-state index contributed by atoms with van der Waals surface area (Å²) in [6, 6.07) is 5.70. The number of nitro benzene ring substituents is 1. The van der Waals surface area contributed by atoms with E-state index in [4.69, 9.17) is 0 Å². The second kappa shape index (κ2) is 7.04. The van der Waals surface area contributed by atoms with E-state index in [0.717, 1.165) is 15.7 Å². The van der Waals surface area contributed by atoms with Crippen molar-refractivity contribution in [1.29, 1.82) is 0 Å². The van der Waals surface area contributed by atoms with E-state index in [9.17, 15) is 10.1 Å². The molecule has 0 radical (unpaired) electrons. The molecule has 1 atom stereocenters. The maximum atomic E-state index is 11.1. The molecule has 0 fully saturated rings. The molecular weight excluding hydrogens is 343 g/mol. The van der Waals surface area contributed by atoms with Crippen LogP contribution in [-0.4, -0.2) is 17.5 Å². The van der Waals surface area contributed by atoms with Crippen LogP contribution >= 0.6 is 22.6 Å². The summed E-state index contributed by atoms with van der Waals surface area (Å²) >= 11 is 2.10. The predicted molar refractivity (Wildman–Crippen MR) is 81.8 cm³/mol. The van der Waals surface area contributed by atoms with E-state index in [1.54, 1.807) is 6.07 Å². The van der Waals surface area contributed by atoms with Gasteiger partial charge in [-0.3, -0.25) is 10.1 Å². The minimum absolute atomic E-state index is 0.227. The highest BCUT2D eigenvalue weighted by molar-refractivity contribution is 14.1. The number of hydrogen-bond acceptors (Lipinski definition) is 3. The zero-order chi connectivity index (χ0) is 13.7. The maximum Gasteiger partial charge on any atom is 0.273 e. The molecule has 0 heterocycles. The van der Waals surface area contributed by atoms with Crippen molar-refractivity contribution < 1.29 is 4.92 Å². The Bertz CT molecular complexity index is 421. The first kappa shape index (κ1) is 15.4. The molecule has 0 aliphatic carbocycles. The highest BCUT2D eigenvalue weighted by Gasteiger charge is 2.19. The van der Waals surface area contributed by atoms with Crippen LogP contribution in [0.15, 0.2) is 18.2 Å². The number of hydrogen-bond donors (Lipinski definition) is 1. The standard InChI is InChI=1S/C13H19IN2O2/c1-4-15-12(9(2)3)7-10-5-6-11(14)8-13(10)16(17)18/h5-6,8-9,12,15H,4,7H2,1-3H3. The molecule has 1 rings (SSSR count). The third-order valence-corrected chi connectivity index (χ3v) is 3.63. The van der Waals surface area contributed by atoms with Gasteiger partial charge in [0.15, 0.2) is 0 Å². The highest BCUT2D eigenvalue weighted by Crippen LogP contribution is 2.24. The number of benzene rings is 1. The Kier molecular flexibility index (Phi) is 6.01. The fourth-order valence-corrected chi connectivity index (χ4v) is 2.40. The van der Waals surface area contributed by atoms with E-state index < -0.39 is 0 Å². The van der Waals surface area contributed by atoms with E-state index in [0.29, 0.717) is 12.3 Å². The van der Waals surface area contributed by atoms with E-state index in [1.807, 2.05) is 12.1 Å². The topological polar surface area (TPSA) is 55.2 Å². The quantitative estimate of drug-likeness (QED) is 0.480. The van der Waals surface area contributed by atoms with Gasteiger partial charge in [-0.15, -0.1) is 0 Å². The van der Waals surface area contributed by atoms with Crippen LogP contribution < -0.4 is 5.32 Å². The first-order valence-corrected chi connectivity index (χ1v) is 7.19. The molecule has 0 aromatic heterocycles. The molecule has 4 nitrogen and oxygen atoms in total. The molecule has 0 saturated carbocycles. The Balaban J connectivity index is 2.98. The van der Waals surface area contributed by atoms with E-state index in [1.165, 1.54) is 0 Å². The molecule has 1 aromatic rings. The minimum Gasteiger partial charge on any atom is -0.314 e. The Labute approximate surface area is 121 Å². The summed E-state index contributed by atoms with van der Waals surface area (Å²) in [5, 5.41) is 14.5. The number of nitrogens with one attached hydrogen (secondary N) is 1. The lowest BCUT2D eigenvalue weighted by atomic mass is 9.95. The summed E-state index contributed by atoms with van der Waals surface area (Å²) < 4.78 is 0.896. The molecule has 0 saturated heterocycles. The van der Waals surface area contributed by atoms with Gasteiger partial charge in [0, 0.05) is 21.2 Å².